The van der Waals surface area contributed by atoms with Gasteiger partial charge in [0.25, 0.3) is 0 Å². The smallest absolute Gasteiger partial charge is 0.317 e. The van der Waals surface area contributed by atoms with E-state index in [2.05, 4.69) is 23.3 Å². The number of pyridine rings is 1. The van der Waals surface area contributed by atoms with E-state index in [9.17, 15) is 4.79 Å². The van der Waals surface area contributed by atoms with E-state index in [4.69, 9.17) is 0 Å². The van der Waals surface area contributed by atoms with Gasteiger partial charge < -0.3 is 10.2 Å². The minimum atomic E-state index is 0.0268. The summed E-state index contributed by atoms with van der Waals surface area (Å²) in [5, 5.41) is 2.85. The molecule has 1 aromatic rings. The molecule has 0 unspecified atom stereocenters. The van der Waals surface area contributed by atoms with Gasteiger partial charge in [0.05, 0.1) is 12.2 Å². The molecule has 1 aliphatic heterocycles. The van der Waals surface area contributed by atoms with Crippen molar-refractivity contribution in [3.63, 3.8) is 0 Å². The second-order valence-corrected chi connectivity index (χ2v) is 3.97. The van der Waals surface area contributed by atoms with Crippen LogP contribution in [0.2, 0.25) is 0 Å². The Morgan fingerprint density at radius 3 is 3.19 bits per heavy atom. The number of amides is 2. The zero-order valence-electron chi connectivity index (χ0n) is 9.57. The number of rotatable bonds is 3. The van der Waals surface area contributed by atoms with E-state index in [1.54, 1.807) is 6.20 Å². The Morgan fingerprint density at radius 1 is 1.56 bits per heavy atom. The summed E-state index contributed by atoms with van der Waals surface area (Å²) in [5.74, 6) is 0. The molecule has 16 heavy (non-hydrogen) atoms. The lowest BCUT2D eigenvalue weighted by atomic mass is 10.1. The van der Waals surface area contributed by atoms with Crippen LogP contribution in [0.3, 0.4) is 0 Å². The van der Waals surface area contributed by atoms with Gasteiger partial charge in [-0.2, -0.15) is 0 Å². The highest BCUT2D eigenvalue weighted by atomic mass is 16.2. The molecule has 0 saturated carbocycles. The van der Waals surface area contributed by atoms with Gasteiger partial charge >= 0.3 is 6.03 Å². The molecule has 1 N–H and O–H groups in total. The average Bonchev–Trinajstić information content (AvgIpc) is 2.33. The number of urea groups is 1. The van der Waals surface area contributed by atoms with Crippen molar-refractivity contribution in [1.82, 2.24) is 15.2 Å². The summed E-state index contributed by atoms with van der Waals surface area (Å²) in [6.07, 6.45) is 3.76. The topological polar surface area (TPSA) is 45.2 Å². The van der Waals surface area contributed by atoms with Crippen molar-refractivity contribution in [2.75, 3.05) is 13.1 Å². The Kier molecular flexibility index (Phi) is 3.39. The number of nitrogens with one attached hydrogen (secondary N) is 1. The van der Waals surface area contributed by atoms with Gasteiger partial charge in [-0.15, -0.1) is 0 Å². The predicted molar refractivity (Wildman–Crippen MR) is 62.0 cm³/mol. The molecular formula is C12H17N3O. The van der Waals surface area contributed by atoms with Crippen molar-refractivity contribution in [1.29, 1.82) is 0 Å². The molecule has 0 aromatic carbocycles. The molecule has 86 valence electrons. The van der Waals surface area contributed by atoms with Gasteiger partial charge in [0.2, 0.25) is 0 Å². The van der Waals surface area contributed by atoms with E-state index in [0.29, 0.717) is 6.54 Å². The van der Waals surface area contributed by atoms with E-state index in [-0.39, 0.29) is 6.03 Å². The Labute approximate surface area is 95.7 Å². The van der Waals surface area contributed by atoms with Gasteiger partial charge in [0.1, 0.15) is 0 Å². The first-order chi connectivity index (χ1) is 7.81. The number of hydrogen-bond donors (Lipinski definition) is 1. The molecule has 0 radical (unpaired) electrons. The van der Waals surface area contributed by atoms with Crippen LogP contribution in [0.1, 0.15) is 24.6 Å². The van der Waals surface area contributed by atoms with E-state index in [1.165, 1.54) is 5.56 Å². The molecule has 2 heterocycles. The number of hydrogen-bond acceptors (Lipinski definition) is 2. The lowest BCUT2D eigenvalue weighted by Gasteiger charge is -2.27. The van der Waals surface area contributed by atoms with Crippen LogP contribution in [0.25, 0.3) is 0 Å². The molecule has 2 rings (SSSR count). The minimum Gasteiger partial charge on any atom is -0.338 e. The summed E-state index contributed by atoms with van der Waals surface area (Å²) >= 11 is 0. The zero-order chi connectivity index (χ0) is 11.4. The molecule has 1 fully saturated rings. The first-order valence-corrected chi connectivity index (χ1v) is 5.77. The van der Waals surface area contributed by atoms with Gasteiger partial charge in [-0.1, -0.05) is 13.0 Å². The van der Waals surface area contributed by atoms with Crippen LogP contribution >= 0.6 is 0 Å². The normalized spacial score (nSPS) is 16.1. The SMILES string of the molecule is CCc1cccnc1CN1CCCNC1=O. The fraction of sp³-hybridized carbons (Fsp3) is 0.500. The first kappa shape index (κ1) is 10.9. The van der Waals surface area contributed by atoms with E-state index < -0.39 is 0 Å². The van der Waals surface area contributed by atoms with Gasteiger partial charge in [0.15, 0.2) is 0 Å². The summed E-state index contributed by atoms with van der Waals surface area (Å²) in [7, 11) is 0. The van der Waals surface area contributed by atoms with Crippen LogP contribution in [-0.4, -0.2) is 29.0 Å². The van der Waals surface area contributed by atoms with Gasteiger partial charge in [-0.25, -0.2) is 4.79 Å². The highest BCUT2D eigenvalue weighted by Crippen LogP contribution is 2.11. The van der Waals surface area contributed by atoms with Crippen molar-refractivity contribution in [2.24, 2.45) is 0 Å². The molecule has 4 heteroatoms. The van der Waals surface area contributed by atoms with Crippen molar-refractivity contribution < 1.29 is 4.79 Å². The van der Waals surface area contributed by atoms with Crippen molar-refractivity contribution in [2.45, 2.75) is 26.3 Å². The third-order valence-electron chi connectivity index (χ3n) is 2.87. The maximum atomic E-state index is 11.6. The average molecular weight is 219 g/mol. The monoisotopic (exact) mass is 219 g/mol. The van der Waals surface area contributed by atoms with Gasteiger partial charge in [0, 0.05) is 19.3 Å². The molecule has 2 amide bonds. The Balaban J connectivity index is 2.10. The predicted octanol–water partition coefficient (Wildman–Crippen LogP) is 1.56. The summed E-state index contributed by atoms with van der Waals surface area (Å²) in [6.45, 7) is 4.34. The number of aryl methyl sites for hydroxylation is 1. The maximum absolute atomic E-state index is 11.6. The third-order valence-corrected chi connectivity index (χ3v) is 2.87. The van der Waals surface area contributed by atoms with Crippen LogP contribution in [0.15, 0.2) is 18.3 Å². The quantitative estimate of drug-likeness (QED) is 0.838. The number of carbonyl (C=O) groups excluding carboxylic acids is 1. The van der Waals surface area contributed by atoms with Crippen LogP contribution in [0.5, 0.6) is 0 Å². The molecule has 0 spiro atoms. The zero-order valence-corrected chi connectivity index (χ0v) is 9.57. The van der Waals surface area contributed by atoms with Crippen LogP contribution in [-0.2, 0) is 13.0 Å². The fourth-order valence-electron chi connectivity index (χ4n) is 1.95. The Bertz CT molecular complexity index is 378. The van der Waals surface area contributed by atoms with Gasteiger partial charge in [-0.3, -0.25) is 4.98 Å². The summed E-state index contributed by atoms with van der Waals surface area (Å²) in [4.78, 5) is 17.8. The lowest BCUT2D eigenvalue weighted by Crippen LogP contribution is -2.46. The number of aromatic nitrogens is 1. The molecular weight excluding hydrogens is 202 g/mol. The van der Waals surface area contributed by atoms with E-state index >= 15 is 0 Å². The third kappa shape index (κ3) is 2.32. The standard InChI is InChI=1S/C12H17N3O/c1-2-10-5-3-6-13-11(10)9-15-8-4-7-14-12(15)16/h3,5-6H,2,4,7-9H2,1H3,(H,14,16). The van der Waals surface area contributed by atoms with Crippen molar-refractivity contribution >= 4 is 6.03 Å². The Morgan fingerprint density at radius 2 is 2.44 bits per heavy atom. The second-order valence-electron chi connectivity index (χ2n) is 3.97. The van der Waals surface area contributed by atoms with Crippen LogP contribution < -0.4 is 5.32 Å². The summed E-state index contributed by atoms with van der Waals surface area (Å²) in [5.41, 5.74) is 2.24. The lowest BCUT2D eigenvalue weighted by molar-refractivity contribution is 0.182. The number of nitrogens with zero attached hydrogens (tertiary/aromatic N) is 2. The molecule has 1 aliphatic rings. The van der Waals surface area contributed by atoms with Crippen LogP contribution in [0.4, 0.5) is 4.79 Å². The summed E-state index contributed by atoms with van der Waals surface area (Å²) in [6, 6.07) is 4.04. The first-order valence-electron chi connectivity index (χ1n) is 5.77. The van der Waals surface area contributed by atoms with E-state index in [0.717, 1.165) is 31.6 Å². The minimum absolute atomic E-state index is 0.0268. The second kappa shape index (κ2) is 4.96. The molecule has 1 aromatic heterocycles. The molecule has 1 saturated heterocycles. The molecule has 0 atom stereocenters. The molecule has 0 aliphatic carbocycles. The molecule has 4 nitrogen and oxygen atoms in total. The highest BCUT2D eigenvalue weighted by molar-refractivity contribution is 5.74. The van der Waals surface area contributed by atoms with Crippen LogP contribution in [0, 0.1) is 0 Å². The van der Waals surface area contributed by atoms with E-state index in [1.807, 2.05) is 11.0 Å². The highest BCUT2D eigenvalue weighted by Gasteiger charge is 2.18. The number of carbonyl (C=O) groups is 1. The van der Waals surface area contributed by atoms with Crippen molar-refractivity contribution in [3.05, 3.63) is 29.6 Å². The fourth-order valence-corrected chi connectivity index (χ4v) is 1.95. The largest absolute Gasteiger partial charge is 0.338 e. The van der Waals surface area contributed by atoms with Gasteiger partial charge in [-0.05, 0) is 24.5 Å². The summed E-state index contributed by atoms with van der Waals surface area (Å²) < 4.78 is 0. The molecule has 0 bridgehead atoms. The maximum Gasteiger partial charge on any atom is 0.317 e. The Hall–Kier alpha value is -1.58. The van der Waals surface area contributed by atoms with Crippen molar-refractivity contribution in [3.8, 4) is 0 Å².